The number of rotatable bonds is 2. The lowest BCUT2D eigenvalue weighted by molar-refractivity contribution is -0.136. The minimum atomic E-state index is -0.630. The molecule has 0 aromatic heterocycles. The highest BCUT2D eigenvalue weighted by Crippen LogP contribution is 2.30. The fourth-order valence-electron chi connectivity index (χ4n) is 3.58. The first-order valence-corrected chi connectivity index (χ1v) is 7.85. The van der Waals surface area contributed by atoms with Crippen LogP contribution in [0, 0.1) is 5.92 Å². The van der Waals surface area contributed by atoms with E-state index in [1.165, 1.54) is 18.1 Å². The normalized spacial score (nSPS) is 27.4. The van der Waals surface area contributed by atoms with Crippen LogP contribution in [0.3, 0.4) is 0 Å². The Morgan fingerprint density at radius 1 is 1.23 bits per heavy atom. The highest BCUT2D eigenvalue weighted by Gasteiger charge is 2.39. The summed E-state index contributed by atoms with van der Waals surface area (Å²) < 4.78 is 0. The lowest BCUT2D eigenvalue weighted by Crippen LogP contribution is -2.40. The van der Waals surface area contributed by atoms with Crippen LogP contribution in [0.25, 0.3) is 0 Å². The monoisotopic (exact) mass is 302 g/mol. The molecule has 22 heavy (non-hydrogen) atoms. The van der Waals surface area contributed by atoms with E-state index in [1.807, 2.05) is 17.0 Å². The van der Waals surface area contributed by atoms with Crippen LogP contribution in [-0.4, -0.2) is 40.5 Å². The zero-order valence-corrected chi connectivity index (χ0v) is 12.8. The van der Waals surface area contributed by atoms with Gasteiger partial charge in [-0.15, -0.1) is 0 Å². The Labute approximate surface area is 130 Å². The van der Waals surface area contributed by atoms with E-state index in [0.717, 1.165) is 13.0 Å². The van der Waals surface area contributed by atoms with Crippen LogP contribution in [0.2, 0.25) is 0 Å². The van der Waals surface area contributed by atoms with Crippen molar-refractivity contribution in [3.05, 3.63) is 35.4 Å². The predicted octanol–water partition coefficient (Wildman–Crippen LogP) is 0.847. The van der Waals surface area contributed by atoms with E-state index in [4.69, 9.17) is 0 Å². The molecule has 1 aliphatic heterocycles. The first kappa shape index (κ1) is 15.0. The van der Waals surface area contributed by atoms with Gasteiger partial charge >= 0.3 is 0 Å². The Bertz CT molecular complexity index is 587. The van der Waals surface area contributed by atoms with Crippen molar-refractivity contribution >= 4 is 11.8 Å². The molecule has 3 atom stereocenters. The van der Waals surface area contributed by atoms with Crippen molar-refractivity contribution in [2.45, 2.75) is 44.9 Å². The molecular formula is C17H22N2O3. The van der Waals surface area contributed by atoms with Gasteiger partial charge in [0.15, 0.2) is 0 Å². The molecule has 0 saturated heterocycles. The van der Waals surface area contributed by atoms with Crippen LogP contribution in [0.5, 0.6) is 0 Å². The van der Waals surface area contributed by atoms with Crippen molar-refractivity contribution < 1.29 is 14.7 Å². The van der Waals surface area contributed by atoms with Crippen LogP contribution in [0.15, 0.2) is 24.3 Å². The van der Waals surface area contributed by atoms with Crippen molar-refractivity contribution in [1.82, 2.24) is 10.2 Å². The summed E-state index contributed by atoms with van der Waals surface area (Å²) in [5, 5.41) is 12.8. The predicted molar refractivity (Wildman–Crippen MR) is 81.9 cm³/mol. The zero-order valence-electron chi connectivity index (χ0n) is 12.8. The molecule has 1 saturated carbocycles. The Kier molecular flexibility index (Phi) is 4.16. The second kappa shape index (κ2) is 6.08. The molecule has 0 spiro atoms. The van der Waals surface area contributed by atoms with Gasteiger partial charge in [0, 0.05) is 25.9 Å². The first-order valence-electron chi connectivity index (χ1n) is 7.85. The molecule has 5 nitrogen and oxygen atoms in total. The number of hydrogen-bond acceptors (Lipinski definition) is 3. The van der Waals surface area contributed by atoms with Crippen molar-refractivity contribution in [2.75, 3.05) is 6.54 Å². The van der Waals surface area contributed by atoms with Crippen LogP contribution < -0.4 is 5.32 Å². The number of nitrogens with one attached hydrogen (secondary N) is 1. The Morgan fingerprint density at radius 3 is 2.68 bits per heavy atom. The molecule has 1 aromatic carbocycles. The summed E-state index contributed by atoms with van der Waals surface area (Å²) in [4.78, 5) is 25.7. The lowest BCUT2D eigenvalue weighted by Gasteiger charge is -2.31. The number of amides is 2. The Hall–Kier alpha value is -1.88. The van der Waals surface area contributed by atoms with Crippen molar-refractivity contribution in [3.63, 3.8) is 0 Å². The van der Waals surface area contributed by atoms with E-state index >= 15 is 0 Å². The number of fused-ring (bicyclic) bond motifs is 1. The van der Waals surface area contributed by atoms with E-state index in [1.54, 1.807) is 0 Å². The van der Waals surface area contributed by atoms with Gasteiger partial charge in [0.1, 0.15) is 0 Å². The highest BCUT2D eigenvalue weighted by atomic mass is 16.3. The summed E-state index contributed by atoms with van der Waals surface area (Å²) in [7, 11) is 0. The average molecular weight is 302 g/mol. The molecule has 0 bridgehead atoms. The van der Waals surface area contributed by atoms with Crippen LogP contribution in [0.1, 0.15) is 30.9 Å². The number of carbonyl (C=O) groups is 2. The lowest BCUT2D eigenvalue weighted by atomic mass is 9.98. The quantitative estimate of drug-likeness (QED) is 0.851. The second-order valence-corrected chi connectivity index (χ2v) is 6.32. The molecule has 2 amide bonds. The van der Waals surface area contributed by atoms with Gasteiger partial charge in [-0.05, 0) is 30.4 Å². The SMILES string of the molecule is CC(=O)N[C@H]1C[C@H](C(=O)N2CCc3ccccc3C2)C[C@@H]1O. The highest BCUT2D eigenvalue weighted by molar-refractivity contribution is 5.80. The largest absolute Gasteiger partial charge is 0.391 e. The number of hydrogen-bond donors (Lipinski definition) is 2. The van der Waals surface area contributed by atoms with E-state index in [-0.39, 0.29) is 23.8 Å². The number of carbonyl (C=O) groups excluding carboxylic acids is 2. The van der Waals surface area contributed by atoms with E-state index < -0.39 is 6.10 Å². The molecular weight excluding hydrogens is 280 g/mol. The topological polar surface area (TPSA) is 69.6 Å². The molecule has 1 fully saturated rings. The summed E-state index contributed by atoms with van der Waals surface area (Å²) in [6.07, 6.45) is 1.21. The maximum Gasteiger partial charge on any atom is 0.226 e. The maximum atomic E-state index is 12.7. The molecule has 0 unspecified atom stereocenters. The molecule has 2 N–H and O–H groups in total. The first-order chi connectivity index (χ1) is 10.5. The maximum absolute atomic E-state index is 12.7. The van der Waals surface area contributed by atoms with Gasteiger partial charge in [-0.3, -0.25) is 9.59 Å². The summed E-state index contributed by atoms with van der Waals surface area (Å²) in [6, 6.07) is 7.91. The van der Waals surface area contributed by atoms with Crippen molar-refractivity contribution in [3.8, 4) is 0 Å². The number of nitrogens with zero attached hydrogens (tertiary/aromatic N) is 1. The van der Waals surface area contributed by atoms with Crippen LogP contribution in [-0.2, 0) is 22.6 Å². The average Bonchev–Trinajstić information content (AvgIpc) is 2.86. The molecule has 1 heterocycles. The van der Waals surface area contributed by atoms with Crippen molar-refractivity contribution in [2.24, 2.45) is 5.92 Å². The van der Waals surface area contributed by atoms with Gasteiger partial charge in [0.25, 0.3) is 0 Å². The molecule has 5 heteroatoms. The summed E-state index contributed by atoms with van der Waals surface area (Å²) in [6.45, 7) is 2.81. The minimum Gasteiger partial charge on any atom is -0.391 e. The number of benzene rings is 1. The summed E-state index contributed by atoms with van der Waals surface area (Å²) >= 11 is 0. The number of aliphatic hydroxyl groups is 1. The van der Waals surface area contributed by atoms with Crippen molar-refractivity contribution in [1.29, 1.82) is 0 Å². The molecule has 118 valence electrons. The van der Waals surface area contributed by atoms with Crippen LogP contribution >= 0.6 is 0 Å². The molecule has 3 rings (SSSR count). The van der Waals surface area contributed by atoms with E-state index in [9.17, 15) is 14.7 Å². The third kappa shape index (κ3) is 2.99. The standard InChI is InChI=1S/C17H22N2O3/c1-11(20)18-15-8-14(9-16(15)21)17(22)19-7-6-12-4-2-3-5-13(12)10-19/h2-5,14-16,21H,6-10H2,1H3,(H,18,20)/t14-,15-,16-/m0/s1. The third-order valence-corrected chi connectivity index (χ3v) is 4.71. The smallest absolute Gasteiger partial charge is 0.226 e. The molecule has 0 radical (unpaired) electrons. The third-order valence-electron chi connectivity index (χ3n) is 4.71. The van der Waals surface area contributed by atoms with Gasteiger partial charge in [-0.25, -0.2) is 0 Å². The summed E-state index contributed by atoms with van der Waals surface area (Å²) in [5.41, 5.74) is 2.52. The fraction of sp³-hybridized carbons (Fsp3) is 0.529. The zero-order chi connectivity index (χ0) is 15.7. The van der Waals surface area contributed by atoms with E-state index in [0.29, 0.717) is 19.4 Å². The fourth-order valence-corrected chi connectivity index (χ4v) is 3.58. The Morgan fingerprint density at radius 2 is 1.95 bits per heavy atom. The molecule has 1 aromatic rings. The van der Waals surface area contributed by atoms with Gasteiger partial charge in [-0.1, -0.05) is 24.3 Å². The van der Waals surface area contributed by atoms with Gasteiger partial charge < -0.3 is 15.3 Å². The van der Waals surface area contributed by atoms with Gasteiger partial charge in [-0.2, -0.15) is 0 Å². The van der Waals surface area contributed by atoms with E-state index in [2.05, 4.69) is 17.4 Å². The molecule has 2 aliphatic rings. The number of aliphatic hydroxyl groups excluding tert-OH is 1. The summed E-state index contributed by atoms with van der Waals surface area (Å²) in [5.74, 6) is -0.262. The molecule has 1 aliphatic carbocycles. The minimum absolute atomic E-state index is 0.0985. The Balaban J connectivity index is 1.65. The van der Waals surface area contributed by atoms with Gasteiger partial charge in [0.2, 0.25) is 11.8 Å². The van der Waals surface area contributed by atoms with Gasteiger partial charge in [0.05, 0.1) is 12.1 Å². The van der Waals surface area contributed by atoms with Crippen LogP contribution in [0.4, 0.5) is 0 Å². The second-order valence-electron chi connectivity index (χ2n) is 6.32.